The average Bonchev–Trinajstić information content (AvgIpc) is 3.05. The van der Waals surface area contributed by atoms with E-state index in [2.05, 4.69) is 10.2 Å². The molecule has 1 N–H and O–H groups in total. The zero-order valence-electron chi connectivity index (χ0n) is 15.6. The molecule has 1 aromatic carbocycles. The zero-order valence-corrected chi connectivity index (χ0v) is 15.6. The van der Waals surface area contributed by atoms with Crippen molar-refractivity contribution in [2.45, 2.75) is 25.3 Å². The van der Waals surface area contributed by atoms with Crippen molar-refractivity contribution in [3.8, 4) is 5.75 Å². The minimum absolute atomic E-state index is 0.149. The van der Waals surface area contributed by atoms with Gasteiger partial charge in [-0.25, -0.2) is 13.2 Å². The Morgan fingerprint density at radius 3 is 2.82 bits per heavy atom. The maximum absolute atomic E-state index is 13.9. The van der Waals surface area contributed by atoms with Gasteiger partial charge in [0.1, 0.15) is 11.6 Å². The molecule has 2 fully saturated rings. The van der Waals surface area contributed by atoms with E-state index in [1.54, 1.807) is 6.07 Å². The van der Waals surface area contributed by atoms with E-state index < -0.39 is 18.9 Å². The topological polar surface area (TPSA) is 50.8 Å². The molecule has 5 nitrogen and oxygen atoms in total. The molecule has 0 aliphatic carbocycles. The van der Waals surface area contributed by atoms with Crippen LogP contribution in [0.3, 0.4) is 0 Å². The van der Waals surface area contributed by atoms with Crippen molar-refractivity contribution in [2.24, 2.45) is 17.8 Å². The Balaban J connectivity index is 1.58. The van der Waals surface area contributed by atoms with Crippen LogP contribution < -0.4 is 10.1 Å². The Kier molecular flexibility index (Phi) is 5.78. The van der Waals surface area contributed by atoms with Gasteiger partial charge < -0.3 is 14.8 Å². The maximum atomic E-state index is 13.9. The summed E-state index contributed by atoms with van der Waals surface area (Å²) in [5.41, 5.74) is 0.743. The molecule has 0 saturated carbocycles. The van der Waals surface area contributed by atoms with E-state index in [4.69, 9.17) is 9.47 Å². The lowest BCUT2D eigenvalue weighted by molar-refractivity contribution is -0.126. The number of hydrogen-bond acceptors (Lipinski definition) is 4. The zero-order chi connectivity index (χ0) is 19.7. The molecule has 3 heterocycles. The summed E-state index contributed by atoms with van der Waals surface area (Å²) >= 11 is 0. The molecule has 8 heteroatoms. The lowest BCUT2D eigenvalue weighted by atomic mass is 9.84. The smallest absolute Gasteiger partial charge is 0.255 e. The highest BCUT2D eigenvalue weighted by molar-refractivity contribution is 5.80. The Morgan fingerprint density at radius 2 is 2.07 bits per heavy atom. The molecule has 3 aliphatic heterocycles. The molecule has 0 radical (unpaired) electrons. The molecule has 28 heavy (non-hydrogen) atoms. The number of likely N-dealkylation sites (tertiary alicyclic amines) is 1. The minimum Gasteiger partial charge on any atom is -0.493 e. The molecule has 154 valence electrons. The van der Waals surface area contributed by atoms with E-state index in [1.165, 1.54) is 12.1 Å². The van der Waals surface area contributed by atoms with Crippen LogP contribution in [0.2, 0.25) is 0 Å². The second kappa shape index (κ2) is 8.29. The first-order valence-electron chi connectivity index (χ1n) is 9.83. The summed E-state index contributed by atoms with van der Waals surface area (Å²) in [7, 11) is 0. The first kappa shape index (κ1) is 19.5. The van der Waals surface area contributed by atoms with Crippen molar-refractivity contribution in [2.75, 3.05) is 39.5 Å². The van der Waals surface area contributed by atoms with Crippen LogP contribution in [0.5, 0.6) is 5.75 Å². The van der Waals surface area contributed by atoms with Crippen LogP contribution in [-0.2, 0) is 9.53 Å². The van der Waals surface area contributed by atoms with Gasteiger partial charge in [0.15, 0.2) is 0 Å². The molecular formula is C20H25F3N2O3. The summed E-state index contributed by atoms with van der Waals surface area (Å²) in [5.74, 6) is -0.301. The fraction of sp³-hybridized carbons (Fsp3) is 0.650. The lowest BCUT2D eigenvalue weighted by Crippen LogP contribution is -2.39. The normalized spacial score (nSPS) is 27.9. The van der Waals surface area contributed by atoms with Gasteiger partial charge in [-0.1, -0.05) is 0 Å². The average molecular weight is 398 g/mol. The monoisotopic (exact) mass is 398 g/mol. The minimum atomic E-state index is -2.59. The van der Waals surface area contributed by atoms with Gasteiger partial charge in [-0.05, 0) is 37.0 Å². The maximum Gasteiger partial charge on any atom is 0.255 e. The van der Waals surface area contributed by atoms with E-state index in [0.717, 1.165) is 38.2 Å². The third-order valence-electron chi connectivity index (χ3n) is 6.07. The van der Waals surface area contributed by atoms with Crippen molar-refractivity contribution in [3.63, 3.8) is 0 Å². The Bertz CT molecular complexity index is 712. The van der Waals surface area contributed by atoms with Crippen LogP contribution in [0.1, 0.15) is 24.4 Å². The molecule has 1 amide bonds. The van der Waals surface area contributed by atoms with E-state index in [9.17, 15) is 18.0 Å². The van der Waals surface area contributed by atoms with Gasteiger partial charge in [-0.2, -0.15) is 0 Å². The summed E-state index contributed by atoms with van der Waals surface area (Å²) in [6.07, 6.45) is -0.692. The summed E-state index contributed by atoms with van der Waals surface area (Å²) in [6.45, 7) is 2.34. The summed E-state index contributed by atoms with van der Waals surface area (Å²) in [4.78, 5) is 14.8. The number of fused-ring (bicyclic) bond motifs is 3. The number of nitrogens with zero attached hydrogens (tertiary/aromatic N) is 1. The molecule has 3 atom stereocenters. The fourth-order valence-electron chi connectivity index (χ4n) is 4.73. The lowest BCUT2D eigenvalue weighted by Gasteiger charge is -2.36. The number of nitrogens with one attached hydrogen (secondary N) is 1. The number of alkyl halides is 2. The fourth-order valence-corrected chi connectivity index (χ4v) is 4.73. The Morgan fingerprint density at radius 1 is 1.29 bits per heavy atom. The number of carbonyl (C=O) groups excluding carboxylic acids is 1. The van der Waals surface area contributed by atoms with E-state index in [0.29, 0.717) is 24.8 Å². The van der Waals surface area contributed by atoms with Crippen LogP contribution >= 0.6 is 0 Å². The quantitative estimate of drug-likeness (QED) is 0.829. The van der Waals surface area contributed by atoms with Crippen molar-refractivity contribution in [1.82, 2.24) is 10.2 Å². The molecule has 0 bridgehead atoms. The highest BCUT2D eigenvalue weighted by Gasteiger charge is 2.49. The first-order valence-corrected chi connectivity index (χ1v) is 9.83. The Labute approximate surface area is 162 Å². The number of rotatable bonds is 5. The number of hydrogen-bond donors (Lipinski definition) is 1. The number of carbonyl (C=O) groups is 1. The van der Waals surface area contributed by atoms with Gasteiger partial charge in [-0.15, -0.1) is 0 Å². The van der Waals surface area contributed by atoms with Crippen molar-refractivity contribution in [3.05, 3.63) is 29.6 Å². The molecule has 3 aliphatic rings. The number of benzene rings is 1. The van der Waals surface area contributed by atoms with Crippen LogP contribution in [0.25, 0.3) is 0 Å². The first-order chi connectivity index (χ1) is 13.5. The second-order valence-electron chi connectivity index (χ2n) is 7.85. The molecule has 0 aromatic heterocycles. The highest BCUT2D eigenvalue weighted by Crippen LogP contribution is 2.48. The predicted molar refractivity (Wildman–Crippen MR) is 95.7 cm³/mol. The highest BCUT2D eigenvalue weighted by atomic mass is 19.3. The van der Waals surface area contributed by atoms with E-state index in [1.807, 2.05) is 0 Å². The van der Waals surface area contributed by atoms with E-state index >= 15 is 0 Å². The molecule has 0 spiro atoms. The van der Waals surface area contributed by atoms with Gasteiger partial charge in [0, 0.05) is 43.8 Å². The third kappa shape index (κ3) is 3.98. The SMILES string of the molecule is O=C(NCC(F)F)[C@@H]1CN(CC2CCOCC2)[C@H]2c3cc(F)ccc3OC[C@@H]12. The van der Waals surface area contributed by atoms with Gasteiger partial charge in [0.25, 0.3) is 6.43 Å². The molecule has 1 aromatic rings. The number of ether oxygens (including phenoxy) is 2. The second-order valence-corrected chi connectivity index (χ2v) is 7.85. The van der Waals surface area contributed by atoms with Crippen molar-refractivity contribution >= 4 is 5.91 Å². The third-order valence-corrected chi connectivity index (χ3v) is 6.07. The Hall–Kier alpha value is -1.80. The molecule has 0 unspecified atom stereocenters. The van der Waals surface area contributed by atoms with Crippen LogP contribution in [0.15, 0.2) is 18.2 Å². The summed E-state index contributed by atoms with van der Waals surface area (Å²) in [6, 6.07) is 4.31. The van der Waals surface area contributed by atoms with Gasteiger partial charge in [-0.3, -0.25) is 9.69 Å². The van der Waals surface area contributed by atoms with Crippen molar-refractivity contribution < 1.29 is 27.4 Å². The number of halogens is 3. The molecule has 2 saturated heterocycles. The summed E-state index contributed by atoms with van der Waals surface area (Å²) in [5, 5.41) is 2.35. The predicted octanol–water partition coefficient (Wildman–Crippen LogP) is 2.62. The standard InChI is InChI=1S/C20H25F3N2O3/c21-13-1-2-17-14(7-13)19-16(11-28-17)15(20(26)24-8-18(22)23)10-25(19)9-12-3-5-27-6-4-12/h1-2,7,12,15-16,18-19H,3-6,8-11H2,(H,24,26)/t15-,16+,19+/m1/s1. The van der Waals surface area contributed by atoms with Crippen LogP contribution in [0, 0.1) is 23.6 Å². The van der Waals surface area contributed by atoms with Gasteiger partial charge >= 0.3 is 0 Å². The van der Waals surface area contributed by atoms with Gasteiger partial charge in [0.2, 0.25) is 5.91 Å². The van der Waals surface area contributed by atoms with E-state index in [-0.39, 0.29) is 23.7 Å². The summed E-state index contributed by atoms with van der Waals surface area (Å²) < 4.78 is 50.3. The van der Waals surface area contributed by atoms with Crippen LogP contribution in [-0.4, -0.2) is 56.7 Å². The largest absolute Gasteiger partial charge is 0.493 e. The number of amides is 1. The molecule has 4 rings (SSSR count). The molecular weight excluding hydrogens is 373 g/mol. The van der Waals surface area contributed by atoms with Crippen LogP contribution in [0.4, 0.5) is 13.2 Å². The van der Waals surface area contributed by atoms with Crippen molar-refractivity contribution in [1.29, 1.82) is 0 Å². The van der Waals surface area contributed by atoms with Gasteiger partial charge in [0.05, 0.1) is 19.1 Å².